The Morgan fingerprint density at radius 2 is 1.63 bits per heavy atom. The Hall–Kier alpha value is -3.55. The molecule has 1 atom stereocenters. The van der Waals surface area contributed by atoms with Crippen LogP contribution >= 0.6 is 0 Å². The van der Waals surface area contributed by atoms with Gasteiger partial charge in [-0.25, -0.2) is 4.99 Å². The standard InChI is InChI=1S/C30H42N4O4/c1-30(2,3)22-12-14-23(15-13-22)32-28(36)24(17-20-9-7-6-8-10-20)33-29(31)34-27(35)19-21-11-16-25(37-4)26(18-21)38-5/h6-11,16,18,22-24H,12-15,17,19H2,1-5H3,(H,32,36)(H3,31,33,34,35). The Morgan fingerprint density at radius 3 is 2.24 bits per heavy atom. The number of guanidine groups is 1. The number of nitrogens with two attached hydrogens (primary N) is 1. The van der Waals surface area contributed by atoms with E-state index < -0.39 is 6.04 Å². The van der Waals surface area contributed by atoms with Crippen LogP contribution in [-0.2, 0) is 22.4 Å². The summed E-state index contributed by atoms with van der Waals surface area (Å²) in [5, 5.41) is 5.82. The van der Waals surface area contributed by atoms with Crippen LogP contribution in [-0.4, -0.2) is 44.1 Å². The summed E-state index contributed by atoms with van der Waals surface area (Å²) in [6.45, 7) is 6.84. The van der Waals surface area contributed by atoms with E-state index in [4.69, 9.17) is 15.2 Å². The van der Waals surface area contributed by atoms with Gasteiger partial charge in [-0.3, -0.25) is 14.9 Å². The van der Waals surface area contributed by atoms with E-state index in [-0.39, 0.29) is 35.7 Å². The smallest absolute Gasteiger partial charge is 0.245 e. The van der Waals surface area contributed by atoms with Crippen LogP contribution in [0.1, 0.15) is 57.6 Å². The van der Waals surface area contributed by atoms with Crippen molar-refractivity contribution < 1.29 is 19.1 Å². The summed E-state index contributed by atoms with van der Waals surface area (Å²) in [6, 6.07) is 14.3. The lowest BCUT2D eigenvalue weighted by atomic mass is 9.71. The van der Waals surface area contributed by atoms with Gasteiger partial charge in [-0.05, 0) is 60.3 Å². The van der Waals surface area contributed by atoms with Crippen molar-refractivity contribution in [2.45, 2.75) is 71.4 Å². The van der Waals surface area contributed by atoms with Crippen molar-refractivity contribution in [2.75, 3.05) is 14.2 Å². The molecule has 0 heterocycles. The molecule has 2 aromatic carbocycles. The van der Waals surface area contributed by atoms with Gasteiger partial charge in [0.2, 0.25) is 11.8 Å². The highest BCUT2D eigenvalue weighted by Crippen LogP contribution is 2.37. The molecule has 8 heteroatoms. The van der Waals surface area contributed by atoms with Crippen molar-refractivity contribution in [1.82, 2.24) is 10.6 Å². The maximum atomic E-state index is 13.3. The van der Waals surface area contributed by atoms with Gasteiger partial charge in [-0.2, -0.15) is 0 Å². The fourth-order valence-electron chi connectivity index (χ4n) is 5.00. The lowest BCUT2D eigenvalue weighted by Crippen LogP contribution is -2.46. The Morgan fingerprint density at radius 1 is 0.974 bits per heavy atom. The normalized spacial score (nSPS) is 18.8. The van der Waals surface area contributed by atoms with Crippen molar-refractivity contribution in [2.24, 2.45) is 22.1 Å². The van der Waals surface area contributed by atoms with Crippen LogP contribution in [0.2, 0.25) is 0 Å². The molecular formula is C30H42N4O4. The molecule has 0 saturated heterocycles. The third-order valence-corrected chi connectivity index (χ3v) is 7.25. The molecule has 2 aromatic rings. The molecule has 0 bridgehead atoms. The molecule has 2 amide bonds. The number of carbonyl (C=O) groups is 2. The summed E-state index contributed by atoms with van der Waals surface area (Å²) < 4.78 is 10.6. The Bertz CT molecular complexity index is 1100. The maximum Gasteiger partial charge on any atom is 0.245 e. The fraction of sp³-hybridized carbons (Fsp3) is 0.500. The molecule has 1 unspecified atom stereocenters. The lowest BCUT2D eigenvalue weighted by molar-refractivity contribution is -0.123. The molecular weight excluding hydrogens is 480 g/mol. The van der Waals surface area contributed by atoms with E-state index in [0.29, 0.717) is 23.8 Å². The van der Waals surface area contributed by atoms with E-state index in [1.165, 1.54) is 0 Å². The van der Waals surface area contributed by atoms with Crippen LogP contribution in [0.4, 0.5) is 0 Å². The quantitative estimate of drug-likeness (QED) is 0.340. The Balaban J connectivity index is 1.66. The first-order valence-corrected chi connectivity index (χ1v) is 13.3. The number of ether oxygens (including phenoxy) is 2. The molecule has 3 rings (SSSR count). The van der Waals surface area contributed by atoms with E-state index in [0.717, 1.165) is 36.8 Å². The number of methoxy groups -OCH3 is 2. The van der Waals surface area contributed by atoms with E-state index >= 15 is 0 Å². The van der Waals surface area contributed by atoms with Crippen molar-refractivity contribution in [3.63, 3.8) is 0 Å². The predicted molar refractivity (Wildman–Crippen MR) is 150 cm³/mol. The average Bonchev–Trinajstić information content (AvgIpc) is 2.88. The maximum absolute atomic E-state index is 13.3. The second kappa shape index (κ2) is 13.3. The van der Waals surface area contributed by atoms with Gasteiger partial charge in [-0.15, -0.1) is 0 Å². The minimum atomic E-state index is -0.751. The van der Waals surface area contributed by atoms with Gasteiger partial charge in [0, 0.05) is 12.5 Å². The second-order valence-corrected chi connectivity index (χ2v) is 11.1. The van der Waals surface area contributed by atoms with Crippen LogP contribution in [0.15, 0.2) is 53.5 Å². The van der Waals surface area contributed by atoms with Crippen molar-refractivity contribution in [3.8, 4) is 11.5 Å². The largest absolute Gasteiger partial charge is 0.493 e. The average molecular weight is 523 g/mol. The number of amides is 2. The zero-order valence-corrected chi connectivity index (χ0v) is 23.3. The number of benzene rings is 2. The summed E-state index contributed by atoms with van der Waals surface area (Å²) in [5.74, 6) is 1.19. The summed E-state index contributed by atoms with van der Waals surface area (Å²) in [7, 11) is 3.10. The SMILES string of the molecule is COc1ccc(CC(=O)NC(N)=NC(Cc2ccccc2)C(=O)NC2CCC(C(C)(C)C)CC2)cc1OC. The second-order valence-electron chi connectivity index (χ2n) is 11.1. The van der Waals surface area contributed by atoms with Crippen LogP contribution in [0, 0.1) is 11.3 Å². The number of carbonyl (C=O) groups excluding carboxylic acids is 2. The topological polar surface area (TPSA) is 115 Å². The number of aliphatic imine (C=N–C) groups is 1. The molecule has 1 aliphatic rings. The number of nitrogens with one attached hydrogen (secondary N) is 2. The molecule has 38 heavy (non-hydrogen) atoms. The van der Waals surface area contributed by atoms with Gasteiger partial charge in [0.25, 0.3) is 0 Å². The highest BCUT2D eigenvalue weighted by atomic mass is 16.5. The van der Waals surface area contributed by atoms with Gasteiger partial charge in [-0.1, -0.05) is 57.2 Å². The highest BCUT2D eigenvalue weighted by molar-refractivity contribution is 5.98. The lowest BCUT2D eigenvalue weighted by Gasteiger charge is -2.37. The molecule has 1 fully saturated rings. The van der Waals surface area contributed by atoms with Gasteiger partial charge < -0.3 is 20.5 Å². The zero-order chi connectivity index (χ0) is 27.7. The van der Waals surface area contributed by atoms with E-state index in [1.54, 1.807) is 32.4 Å². The van der Waals surface area contributed by atoms with Gasteiger partial charge >= 0.3 is 0 Å². The Labute approximate surface area is 226 Å². The molecule has 206 valence electrons. The molecule has 0 radical (unpaired) electrons. The molecule has 8 nitrogen and oxygen atoms in total. The zero-order valence-electron chi connectivity index (χ0n) is 23.3. The van der Waals surface area contributed by atoms with Crippen molar-refractivity contribution in [1.29, 1.82) is 0 Å². The van der Waals surface area contributed by atoms with E-state index in [1.807, 2.05) is 30.3 Å². The fourth-order valence-corrected chi connectivity index (χ4v) is 5.00. The molecule has 0 spiro atoms. The monoisotopic (exact) mass is 522 g/mol. The van der Waals surface area contributed by atoms with E-state index in [9.17, 15) is 9.59 Å². The van der Waals surface area contributed by atoms with Crippen LogP contribution < -0.4 is 25.8 Å². The number of rotatable bonds is 9. The molecule has 1 saturated carbocycles. The van der Waals surface area contributed by atoms with Gasteiger partial charge in [0.15, 0.2) is 17.5 Å². The third kappa shape index (κ3) is 8.50. The first kappa shape index (κ1) is 29.0. The number of hydrogen-bond acceptors (Lipinski definition) is 5. The van der Waals surface area contributed by atoms with Crippen molar-refractivity contribution >= 4 is 17.8 Å². The predicted octanol–water partition coefficient (Wildman–Crippen LogP) is 4.01. The van der Waals surface area contributed by atoms with Crippen LogP contribution in [0.25, 0.3) is 0 Å². The molecule has 4 N–H and O–H groups in total. The van der Waals surface area contributed by atoms with Gasteiger partial charge in [0.05, 0.1) is 20.6 Å². The van der Waals surface area contributed by atoms with E-state index in [2.05, 4.69) is 36.4 Å². The number of hydrogen-bond donors (Lipinski definition) is 3. The summed E-state index contributed by atoms with van der Waals surface area (Å²) in [6.07, 6.45) is 4.55. The van der Waals surface area contributed by atoms with Crippen LogP contribution in [0.5, 0.6) is 11.5 Å². The number of nitrogens with zero attached hydrogens (tertiary/aromatic N) is 1. The van der Waals surface area contributed by atoms with Crippen molar-refractivity contribution in [3.05, 3.63) is 59.7 Å². The van der Waals surface area contributed by atoms with Crippen LogP contribution in [0.3, 0.4) is 0 Å². The molecule has 0 aliphatic heterocycles. The Kier molecular flexibility index (Phi) is 10.2. The first-order valence-electron chi connectivity index (χ1n) is 13.3. The molecule has 1 aliphatic carbocycles. The third-order valence-electron chi connectivity index (χ3n) is 7.25. The highest BCUT2D eigenvalue weighted by Gasteiger charge is 2.31. The minimum Gasteiger partial charge on any atom is -0.493 e. The summed E-state index contributed by atoms with van der Waals surface area (Å²) in [4.78, 5) is 30.4. The summed E-state index contributed by atoms with van der Waals surface area (Å²) in [5.41, 5.74) is 8.09. The first-order chi connectivity index (χ1) is 18.1. The molecule has 0 aromatic heterocycles. The minimum absolute atomic E-state index is 0.0726. The van der Waals surface area contributed by atoms with Gasteiger partial charge in [0.1, 0.15) is 6.04 Å². The summed E-state index contributed by atoms with van der Waals surface area (Å²) >= 11 is 0.